The molecule has 0 aromatic carbocycles. The van der Waals surface area contributed by atoms with Crippen molar-refractivity contribution in [1.29, 1.82) is 0 Å². The summed E-state index contributed by atoms with van der Waals surface area (Å²) in [5.41, 5.74) is 1.07. The number of amides is 1. The Labute approximate surface area is 82.1 Å². The van der Waals surface area contributed by atoms with E-state index < -0.39 is 0 Å². The fraction of sp³-hybridized carbons (Fsp3) is 0.333. The van der Waals surface area contributed by atoms with Crippen molar-refractivity contribution in [3.8, 4) is 0 Å². The first kappa shape index (κ1) is 9.99. The largest absolute Gasteiger partial charge is 0.311 e. The molecule has 4 heteroatoms. The number of aryl methyl sites for hydroxylation is 1. The van der Waals surface area contributed by atoms with E-state index in [0.717, 1.165) is 5.56 Å². The quantitative estimate of drug-likeness (QED) is 0.755. The Balaban J connectivity index is 2.58. The third-order valence-electron chi connectivity index (χ3n) is 1.50. The number of halogens is 1. The van der Waals surface area contributed by atoms with Crippen LogP contribution in [0.3, 0.4) is 0 Å². The van der Waals surface area contributed by atoms with E-state index >= 15 is 0 Å². The molecule has 0 aliphatic heterocycles. The van der Waals surface area contributed by atoms with Gasteiger partial charge in [-0.25, -0.2) is 4.98 Å². The van der Waals surface area contributed by atoms with E-state index in [1.54, 1.807) is 6.20 Å². The molecule has 0 spiro atoms. The van der Waals surface area contributed by atoms with Gasteiger partial charge in [0.15, 0.2) is 0 Å². The highest BCUT2D eigenvalue weighted by Gasteiger charge is 2.01. The maximum absolute atomic E-state index is 11.1. The van der Waals surface area contributed by atoms with Crippen molar-refractivity contribution in [2.24, 2.45) is 0 Å². The molecular formula is C9H11ClN2O. The van der Waals surface area contributed by atoms with E-state index in [1.165, 1.54) is 0 Å². The number of nitrogens with one attached hydrogen (secondary N) is 1. The molecular weight excluding hydrogens is 188 g/mol. The van der Waals surface area contributed by atoms with Crippen LogP contribution in [0.5, 0.6) is 0 Å². The topological polar surface area (TPSA) is 42.0 Å². The summed E-state index contributed by atoms with van der Waals surface area (Å²) < 4.78 is 0. The lowest BCUT2D eigenvalue weighted by Gasteiger charge is -2.02. The van der Waals surface area contributed by atoms with Crippen LogP contribution in [0.1, 0.15) is 12.0 Å². The SMILES string of the molecule is Cc1ccnc(NC(=O)CCCl)c1. The number of hydrogen-bond donors (Lipinski definition) is 1. The predicted molar refractivity (Wildman–Crippen MR) is 52.9 cm³/mol. The maximum Gasteiger partial charge on any atom is 0.226 e. The van der Waals surface area contributed by atoms with E-state index in [4.69, 9.17) is 11.6 Å². The molecule has 70 valence electrons. The van der Waals surface area contributed by atoms with Gasteiger partial charge in [-0.1, -0.05) is 0 Å². The number of aromatic nitrogens is 1. The van der Waals surface area contributed by atoms with Crippen LogP contribution >= 0.6 is 11.6 Å². The lowest BCUT2D eigenvalue weighted by molar-refractivity contribution is -0.115. The van der Waals surface area contributed by atoms with Gasteiger partial charge in [0.1, 0.15) is 5.82 Å². The zero-order valence-corrected chi connectivity index (χ0v) is 8.14. The second-order valence-electron chi connectivity index (χ2n) is 2.71. The van der Waals surface area contributed by atoms with Crippen LogP contribution in [0.4, 0.5) is 5.82 Å². The number of hydrogen-bond acceptors (Lipinski definition) is 2. The number of anilines is 1. The Bertz CT molecular complexity index is 301. The van der Waals surface area contributed by atoms with E-state index in [0.29, 0.717) is 18.1 Å². The molecule has 0 bridgehead atoms. The molecule has 3 nitrogen and oxygen atoms in total. The summed E-state index contributed by atoms with van der Waals surface area (Å²) in [4.78, 5) is 15.1. The minimum absolute atomic E-state index is 0.104. The summed E-state index contributed by atoms with van der Waals surface area (Å²) in [6, 6.07) is 3.68. The third-order valence-corrected chi connectivity index (χ3v) is 1.69. The van der Waals surface area contributed by atoms with Crippen LogP contribution in [0, 0.1) is 6.92 Å². The van der Waals surface area contributed by atoms with Gasteiger partial charge in [-0.2, -0.15) is 0 Å². The molecule has 0 fully saturated rings. The highest BCUT2D eigenvalue weighted by Crippen LogP contribution is 2.05. The van der Waals surface area contributed by atoms with Gasteiger partial charge >= 0.3 is 0 Å². The molecule has 1 heterocycles. The molecule has 0 aliphatic rings. The molecule has 1 N–H and O–H groups in total. The van der Waals surface area contributed by atoms with Gasteiger partial charge in [-0.3, -0.25) is 4.79 Å². The average molecular weight is 199 g/mol. The van der Waals surface area contributed by atoms with Crippen molar-refractivity contribution in [3.63, 3.8) is 0 Å². The minimum Gasteiger partial charge on any atom is -0.311 e. The maximum atomic E-state index is 11.1. The molecule has 0 unspecified atom stereocenters. The molecule has 1 amide bonds. The number of alkyl halides is 1. The van der Waals surface area contributed by atoms with Gasteiger partial charge in [0.05, 0.1) is 0 Å². The average Bonchev–Trinajstić information content (AvgIpc) is 2.04. The lowest BCUT2D eigenvalue weighted by Crippen LogP contribution is -2.12. The van der Waals surface area contributed by atoms with Gasteiger partial charge in [-0.15, -0.1) is 11.6 Å². The minimum atomic E-state index is -0.104. The zero-order chi connectivity index (χ0) is 9.68. The molecule has 1 aromatic rings. The number of nitrogens with zero attached hydrogens (tertiary/aromatic N) is 1. The monoisotopic (exact) mass is 198 g/mol. The van der Waals surface area contributed by atoms with E-state index in [9.17, 15) is 4.79 Å². The highest BCUT2D eigenvalue weighted by atomic mass is 35.5. The summed E-state index contributed by atoms with van der Waals surface area (Å²) >= 11 is 5.41. The molecule has 0 radical (unpaired) electrons. The van der Waals surface area contributed by atoms with Crippen molar-refractivity contribution in [3.05, 3.63) is 23.9 Å². The highest BCUT2D eigenvalue weighted by molar-refractivity contribution is 6.19. The molecule has 1 aromatic heterocycles. The van der Waals surface area contributed by atoms with Crippen LogP contribution < -0.4 is 5.32 Å². The van der Waals surface area contributed by atoms with E-state index in [-0.39, 0.29) is 5.91 Å². The molecule has 0 aliphatic carbocycles. The predicted octanol–water partition coefficient (Wildman–Crippen LogP) is 1.96. The van der Waals surface area contributed by atoms with Crippen LogP contribution in [0.25, 0.3) is 0 Å². The van der Waals surface area contributed by atoms with Crippen LogP contribution in [-0.4, -0.2) is 16.8 Å². The van der Waals surface area contributed by atoms with Gasteiger partial charge in [0.25, 0.3) is 0 Å². The lowest BCUT2D eigenvalue weighted by atomic mass is 10.3. The first-order valence-corrected chi connectivity index (χ1v) is 4.54. The van der Waals surface area contributed by atoms with E-state index in [2.05, 4.69) is 10.3 Å². The van der Waals surface area contributed by atoms with Crippen LogP contribution in [-0.2, 0) is 4.79 Å². The Morgan fingerprint density at radius 1 is 1.69 bits per heavy atom. The Morgan fingerprint density at radius 3 is 3.08 bits per heavy atom. The normalized spacial score (nSPS) is 9.69. The first-order chi connectivity index (χ1) is 6.22. The van der Waals surface area contributed by atoms with Crippen molar-refractivity contribution in [2.75, 3.05) is 11.2 Å². The van der Waals surface area contributed by atoms with Gasteiger partial charge in [0, 0.05) is 18.5 Å². The van der Waals surface area contributed by atoms with Gasteiger partial charge in [-0.05, 0) is 24.6 Å². The van der Waals surface area contributed by atoms with Crippen molar-refractivity contribution >= 4 is 23.3 Å². The second-order valence-corrected chi connectivity index (χ2v) is 3.08. The molecule has 0 saturated carbocycles. The molecule has 0 atom stereocenters. The van der Waals surface area contributed by atoms with Crippen molar-refractivity contribution < 1.29 is 4.79 Å². The smallest absolute Gasteiger partial charge is 0.226 e. The fourth-order valence-electron chi connectivity index (χ4n) is 0.896. The third kappa shape index (κ3) is 3.42. The number of pyridine rings is 1. The van der Waals surface area contributed by atoms with Crippen LogP contribution in [0.15, 0.2) is 18.3 Å². The van der Waals surface area contributed by atoms with Crippen LogP contribution in [0.2, 0.25) is 0 Å². The Morgan fingerprint density at radius 2 is 2.46 bits per heavy atom. The summed E-state index contributed by atoms with van der Waals surface area (Å²) in [6.45, 7) is 1.94. The summed E-state index contributed by atoms with van der Waals surface area (Å²) in [5.74, 6) is 0.806. The second kappa shape index (κ2) is 4.82. The summed E-state index contributed by atoms with van der Waals surface area (Å²) in [6.07, 6.45) is 1.98. The Hall–Kier alpha value is -1.09. The Kier molecular flexibility index (Phi) is 3.71. The summed E-state index contributed by atoms with van der Waals surface area (Å²) in [5, 5.41) is 2.65. The van der Waals surface area contributed by atoms with Gasteiger partial charge < -0.3 is 5.32 Å². The summed E-state index contributed by atoms with van der Waals surface area (Å²) in [7, 11) is 0. The number of carbonyl (C=O) groups excluding carboxylic acids is 1. The van der Waals surface area contributed by atoms with E-state index in [1.807, 2.05) is 19.1 Å². The zero-order valence-electron chi connectivity index (χ0n) is 7.38. The number of rotatable bonds is 3. The molecule has 0 saturated heterocycles. The van der Waals surface area contributed by atoms with Crippen molar-refractivity contribution in [1.82, 2.24) is 4.98 Å². The fourth-order valence-corrected chi connectivity index (χ4v) is 1.07. The molecule has 13 heavy (non-hydrogen) atoms. The van der Waals surface area contributed by atoms with Gasteiger partial charge in [0.2, 0.25) is 5.91 Å². The standard InChI is InChI=1S/C9H11ClN2O/c1-7-3-5-11-8(6-7)12-9(13)2-4-10/h3,5-6H,2,4H2,1H3,(H,11,12,13). The number of carbonyl (C=O) groups is 1. The molecule has 1 rings (SSSR count). The van der Waals surface area contributed by atoms with Crippen molar-refractivity contribution in [2.45, 2.75) is 13.3 Å². The first-order valence-electron chi connectivity index (χ1n) is 4.01.